The Morgan fingerprint density at radius 2 is 2.06 bits per heavy atom. The highest BCUT2D eigenvalue weighted by molar-refractivity contribution is 5.97. The van der Waals surface area contributed by atoms with Crippen LogP contribution in [-0.4, -0.2) is 18.5 Å². The van der Waals surface area contributed by atoms with Crippen LogP contribution >= 0.6 is 0 Å². The lowest BCUT2D eigenvalue weighted by Gasteiger charge is -2.21. The second kappa shape index (κ2) is 4.22. The van der Waals surface area contributed by atoms with Crippen LogP contribution in [0.4, 0.5) is 10.1 Å². The van der Waals surface area contributed by atoms with Gasteiger partial charge in [-0.1, -0.05) is 0 Å². The Morgan fingerprint density at radius 3 is 2.50 bits per heavy atom. The first kappa shape index (κ1) is 11.1. The van der Waals surface area contributed by atoms with Gasteiger partial charge in [0.05, 0.1) is 5.92 Å². The predicted octanol–water partition coefficient (Wildman–Crippen LogP) is 1.53. The monoisotopic (exact) mass is 222 g/mol. The quantitative estimate of drug-likeness (QED) is 0.843. The van der Waals surface area contributed by atoms with Crippen LogP contribution in [0.1, 0.15) is 13.3 Å². The molecule has 1 aromatic rings. The number of amides is 1. The van der Waals surface area contributed by atoms with Crippen molar-refractivity contribution >= 4 is 11.6 Å². The normalized spacial score (nSPS) is 22.9. The Balaban J connectivity index is 2.15. The summed E-state index contributed by atoms with van der Waals surface area (Å²) in [6.45, 7) is 2.48. The van der Waals surface area contributed by atoms with Crippen LogP contribution < -0.4 is 10.6 Å². The molecule has 2 unspecified atom stereocenters. The molecule has 0 radical (unpaired) electrons. The van der Waals surface area contributed by atoms with Crippen molar-refractivity contribution in [3.05, 3.63) is 30.1 Å². The minimum Gasteiger partial charge on any atom is -0.327 e. The maximum Gasteiger partial charge on any atom is 0.231 e. The van der Waals surface area contributed by atoms with Gasteiger partial charge >= 0.3 is 0 Å². The standard InChI is InChI=1S/C12H15FN2O/c1-2-15(12(16)10-7-11(10)14)9-5-3-8(13)4-6-9/h3-6,10-11H,2,7,14H2,1H3. The van der Waals surface area contributed by atoms with Crippen molar-refractivity contribution in [2.24, 2.45) is 11.7 Å². The van der Waals surface area contributed by atoms with Crippen LogP contribution in [0.25, 0.3) is 0 Å². The van der Waals surface area contributed by atoms with Crippen LogP contribution in [0.5, 0.6) is 0 Å². The number of anilines is 1. The molecule has 1 aromatic carbocycles. The predicted molar refractivity (Wildman–Crippen MR) is 60.5 cm³/mol. The number of hydrogen-bond donors (Lipinski definition) is 1. The highest BCUT2D eigenvalue weighted by Crippen LogP contribution is 2.31. The lowest BCUT2D eigenvalue weighted by molar-refractivity contribution is -0.119. The van der Waals surface area contributed by atoms with Crippen LogP contribution in [0.2, 0.25) is 0 Å². The van der Waals surface area contributed by atoms with Crippen molar-refractivity contribution in [1.29, 1.82) is 0 Å². The number of benzene rings is 1. The fraction of sp³-hybridized carbons (Fsp3) is 0.417. The van der Waals surface area contributed by atoms with Gasteiger partial charge in [0, 0.05) is 18.3 Å². The number of nitrogens with zero attached hydrogens (tertiary/aromatic N) is 1. The van der Waals surface area contributed by atoms with E-state index in [4.69, 9.17) is 5.73 Å². The van der Waals surface area contributed by atoms with Crippen LogP contribution in [-0.2, 0) is 4.79 Å². The fourth-order valence-electron chi connectivity index (χ4n) is 1.79. The molecule has 16 heavy (non-hydrogen) atoms. The highest BCUT2D eigenvalue weighted by Gasteiger charge is 2.42. The van der Waals surface area contributed by atoms with E-state index < -0.39 is 0 Å². The molecule has 1 aliphatic rings. The molecular weight excluding hydrogens is 207 g/mol. The molecule has 0 spiro atoms. The van der Waals surface area contributed by atoms with Crippen LogP contribution in [0.3, 0.4) is 0 Å². The number of rotatable bonds is 3. The summed E-state index contributed by atoms with van der Waals surface area (Å²) in [6, 6.07) is 5.95. The zero-order valence-electron chi connectivity index (χ0n) is 9.19. The van der Waals surface area contributed by atoms with Gasteiger partial charge in [0.2, 0.25) is 5.91 Å². The van der Waals surface area contributed by atoms with Gasteiger partial charge in [0.1, 0.15) is 5.82 Å². The molecule has 2 rings (SSSR count). The lowest BCUT2D eigenvalue weighted by atomic mass is 10.2. The first-order chi connectivity index (χ1) is 7.63. The average molecular weight is 222 g/mol. The van der Waals surface area contributed by atoms with Crippen LogP contribution in [0.15, 0.2) is 24.3 Å². The van der Waals surface area contributed by atoms with Crippen LogP contribution in [0, 0.1) is 11.7 Å². The minimum atomic E-state index is -0.296. The summed E-state index contributed by atoms with van der Waals surface area (Å²) in [7, 11) is 0. The molecule has 86 valence electrons. The van der Waals surface area contributed by atoms with Gasteiger partial charge in [0.25, 0.3) is 0 Å². The van der Waals surface area contributed by atoms with Crippen molar-refractivity contribution in [3.63, 3.8) is 0 Å². The van der Waals surface area contributed by atoms with E-state index in [1.165, 1.54) is 12.1 Å². The molecule has 0 aliphatic heterocycles. The zero-order chi connectivity index (χ0) is 11.7. The smallest absolute Gasteiger partial charge is 0.231 e. The maximum absolute atomic E-state index is 12.8. The van der Waals surface area contributed by atoms with E-state index in [-0.39, 0.29) is 23.7 Å². The number of halogens is 1. The third kappa shape index (κ3) is 2.07. The van der Waals surface area contributed by atoms with Gasteiger partial charge < -0.3 is 10.6 Å². The summed E-state index contributed by atoms with van der Waals surface area (Å²) in [5, 5.41) is 0. The number of hydrogen-bond acceptors (Lipinski definition) is 2. The summed E-state index contributed by atoms with van der Waals surface area (Å²) in [4.78, 5) is 13.6. The summed E-state index contributed by atoms with van der Waals surface area (Å²) >= 11 is 0. The van der Waals surface area contributed by atoms with E-state index in [1.54, 1.807) is 17.0 Å². The second-order valence-corrected chi connectivity index (χ2v) is 4.06. The highest BCUT2D eigenvalue weighted by atomic mass is 19.1. The molecule has 2 N–H and O–H groups in total. The molecule has 0 aromatic heterocycles. The Kier molecular flexibility index (Phi) is 2.92. The summed E-state index contributed by atoms with van der Waals surface area (Å²) in [5.41, 5.74) is 6.38. The SMILES string of the molecule is CCN(C(=O)C1CC1N)c1ccc(F)cc1. The summed E-state index contributed by atoms with van der Waals surface area (Å²) < 4.78 is 12.8. The van der Waals surface area contributed by atoms with Gasteiger partial charge in [-0.05, 0) is 37.6 Å². The first-order valence-electron chi connectivity index (χ1n) is 5.46. The van der Waals surface area contributed by atoms with Crippen molar-refractivity contribution < 1.29 is 9.18 Å². The van der Waals surface area contributed by atoms with Gasteiger partial charge in [0.15, 0.2) is 0 Å². The number of carbonyl (C=O) groups is 1. The van der Waals surface area contributed by atoms with E-state index in [1.807, 2.05) is 6.92 Å². The minimum absolute atomic E-state index is 0.00185. The third-order valence-corrected chi connectivity index (χ3v) is 2.88. The molecule has 4 heteroatoms. The summed E-state index contributed by atoms with van der Waals surface area (Å²) in [6.07, 6.45) is 0.760. The van der Waals surface area contributed by atoms with Crippen molar-refractivity contribution in [2.45, 2.75) is 19.4 Å². The molecule has 2 atom stereocenters. The van der Waals surface area contributed by atoms with E-state index in [0.29, 0.717) is 6.54 Å². The maximum atomic E-state index is 12.8. The third-order valence-electron chi connectivity index (χ3n) is 2.88. The van der Waals surface area contributed by atoms with Crippen molar-refractivity contribution in [2.75, 3.05) is 11.4 Å². The Labute approximate surface area is 94.0 Å². The fourth-order valence-corrected chi connectivity index (χ4v) is 1.79. The molecular formula is C12H15FN2O. The van der Waals surface area contributed by atoms with Gasteiger partial charge in [-0.25, -0.2) is 4.39 Å². The van der Waals surface area contributed by atoms with Gasteiger partial charge in [-0.15, -0.1) is 0 Å². The Bertz CT molecular complexity index is 391. The number of carbonyl (C=O) groups excluding carboxylic acids is 1. The molecule has 3 nitrogen and oxygen atoms in total. The molecule has 1 amide bonds. The molecule has 1 fully saturated rings. The molecule has 0 saturated heterocycles. The molecule has 0 bridgehead atoms. The zero-order valence-corrected chi connectivity index (χ0v) is 9.19. The number of nitrogens with two attached hydrogens (primary N) is 1. The first-order valence-corrected chi connectivity index (χ1v) is 5.46. The largest absolute Gasteiger partial charge is 0.327 e. The Hall–Kier alpha value is -1.42. The van der Waals surface area contributed by atoms with E-state index in [0.717, 1.165) is 12.1 Å². The molecule has 1 saturated carbocycles. The van der Waals surface area contributed by atoms with E-state index in [9.17, 15) is 9.18 Å². The topological polar surface area (TPSA) is 46.3 Å². The average Bonchev–Trinajstić information content (AvgIpc) is 2.99. The Morgan fingerprint density at radius 1 is 1.50 bits per heavy atom. The summed E-state index contributed by atoms with van der Waals surface area (Å²) in [5.74, 6) is -0.304. The van der Waals surface area contributed by atoms with Crippen molar-refractivity contribution in [3.8, 4) is 0 Å². The van der Waals surface area contributed by atoms with E-state index >= 15 is 0 Å². The molecule has 0 heterocycles. The van der Waals surface area contributed by atoms with Crippen molar-refractivity contribution in [1.82, 2.24) is 0 Å². The second-order valence-electron chi connectivity index (χ2n) is 4.06. The molecule has 1 aliphatic carbocycles. The van der Waals surface area contributed by atoms with Gasteiger partial charge in [-0.3, -0.25) is 4.79 Å². The lowest BCUT2D eigenvalue weighted by Crippen LogP contribution is -2.33. The van der Waals surface area contributed by atoms with Gasteiger partial charge in [-0.2, -0.15) is 0 Å². The van der Waals surface area contributed by atoms with E-state index in [2.05, 4.69) is 0 Å².